The van der Waals surface area contributed by atoms with Crippen LogP contribution in [-0.4, -0.2) is 33.9 Å². The van der Waals surface area contributed by atoms with Crippen molar-refractivity contribution < 1.29 is 9.90 Å². The average molecular weight is 273 g/mol. The Hall–Kier alpha value is -2.14. The summed E-state index contributed by atoms with van der Waals surface area (Å²) in [7, 11) is 0. The van der Waals surface area contributed by atoms with Crippen molar-refractivity contribution in [2.75, 3.05) is 6.54 Å². The highest BCUT2D eigenvalue weighted by Gasteiger charge is 2.16. The number of aromatic nitrogens is 2. The Morgan fingerprint density at radius 3 is 2.70 bits per heavy atom. The molecule has 0 saturated carbocycles. The molecule has 106 valence electrons. The highest BCUT2D eigenvalue weighted by Crippen LogP contribution is 2.20. The van der Waals surface area contributed by atoms with Gasteiger partial charge in [-0.25, -0.2) is 0 Å². The summed E-state index contributed by atoms with van der Waals surface area (Å²) in [4.78, 5) is 11.9. The molecule has 1 aromatic carbocycles. The van der Waals surface area contributed by atoms with Crippen molar-refractivity contribution in [3.63, 3.8) is 0 Å². The molecule has 0 saturated heterocycles. The smallest absolute Gasteiger partial charge is 0.269 e. The van der Waals surface area contributed by atoms with Gasteiger partial charge in [0.1, 0.15) is 5.69 Å². The van der Waals surface area contributed by atoms with Crippen molar-refractivity contribution in [3.8, 4) is 0 Å². The normalized spacial score (nSPS) is 13.7. The molecular formula is C15H19N3O2. The maximum atomic E-state index is 11.9. The number of carbonyl (C=O) groups excluding carboxylic acids is 1. The molecule has 2 atom stereocenters. The second kappa shape index (κ2) is 6.86. The molecular weight excluding hydrogens is 254 g/mol. The minimum atomic E-state index is -0.413. The van der Waals surface area contributed by atoms with Gasteiger partial charge in [-0.05, 0) is 25.0 Å². The van der Waals surface area contributed by atoms with E-state index in [0.717, 1.165) is 5.56 Å². The number of rotatable bonds is 6. The van der Waals surface area contributed by atoms with E-state index in [-0.39, 0.29) is 11.8 Å². The minimum Gasteiger partial charge on any atom is -0.393 e. The van der Waals surface area contributed by atoms with Gasteiger partial charge in [0.15, 0.2) is 0 Å². The Labute approximate surface area is 118 Å². The van der Waals surface area contributed by atoms with E-state index in [4.69, 9.17) is 0 Å². The average Bonchev–Trinajstić information content (AvgIpc) is 2.98. The fraction of sp³-hybridized carbons (Fsp3) is 0.333. The minimum absolute atomic E-state index is 0.0862. The Kier molecular flexibility index (Phi) is 4.90. The zero-order chi connectivity index (χ0) is 14.4. The lowest BCUT2D eigenvalue weighted by Gasteiger charge is -2.19. The van der Waals surface area contributed by atoms with E-state index in [1.807, 2.05) is 30.3 Å². The topological polar surface area (TPSA) is 78.0 Å². The number of nitrogens with zero attached hydrogens (tertiary/aromatic N) is 1. The monoisotopic (exact) mass is 273 g/mol. The van der Waals surface area contributed by atoms with Crippen molar-refractivity contribution in [3.05, 3.63) is 53.9 Å². The van der Waals surface area contributed by atoms with Gasteiger partial charge < -0.3 is 10.4 Å². The fourth-order valence-electron chi connectivity index (χ4n) is 2.17. The van der Waals surface area contributed by atoms with E-state index < -0.39 is 6.10 Å². The molecule has 0 aliphatic carbocycles. The van der Waals surface area contributed by atoms with Crippen molar-refractivity contribution in [2.45, 2.75) is 25.4 Å². The van der Waals surface area contributed by atoms with E-state index in [2.05, 4.69) is 15.5 Å². The van der Waals surface area contributed by atoms with E-state index >= 15 is 0 Å². The number of aromatic amines is 1. The fourth-order valence-corrected chi connectivity index (χ4v) is 2.17. The summed E-state index contributed by atoms with van der Waals surface area (Å²) in [5.41, 5.74) is 1.55. The molecule has 2 aromatic rings. The summed E-state index contributed by atoms with van der Waals surface area (Å²) in [6.45, 7) is 2.24. The van der Waals surface area contributed by atoms with E-state index in [9.17, 15) is 9.90 Å². The lowest BCUT2D eigenvalue weighted by molar-refractivity contribution is 0.0940. The maximum Gasteiger partial charge on any atom is 0.269 e. The van der Waals surface area contributed by atoms with Gasteiger partial charge in [-0.15, -0.1) is 0 Å². The summed E-state index contributed by atoms with van der Waals surface area (Å²) in [5.74, 6) is -0.0999. The molecule has 2 unspecified atom stereocenters. The first-order valence-electron chi connectivity index (χ1n) is 6.67. The van der Waals surface area contributed by atoms with Crippen LogP contribution in [0.4, 0.5) is 0 Å². The van der Waals surface area contributed by atoms with Crippen LogP contribution in [0, 0.1) is 0 Å². The predicted molar refractivity (Wildman–Crippen MR) is 76.4 cm³/mol. The van der Waals surface area contributed by atoms with Gasteiger partial charge in [0, 0.05) is 18.7 Å². The number of H-pyrrole nitrogens is 1. The molecule has 1 heterocycles. The third kappa shape index (κ3) is 3.93. The molecule has 1 amide bonds. The number of hydrogen-bond acceptors (Lipinski definition) is 3. The summed E-state index contributed by atoms with van der Waals surface area (Å²) < 4.78 is 0. The molecule has 1 aromatic heterocycles. The van der Waals surface area contributed by atoms with Gasteiger partial charge in [-0.2, -0.15) is 5.10 Å². The number of amides is 1. The second-order valence-corrected chi connectivity index (χ2v) is 4.87. The predicted octanol–water partition coefficient (Wildman–Crippen LogP) is 1.69. The molecule has 0 aliphatic rings. The standard InChI is InChI=1S/C15H19N3O2/c1-11(19)9-13(12-5-3-2-4-6-12)10-16-15(20)14-7-8-17-18-14/h2-8,11,13,19H,9-10H2,1H3,(H,16,20)(H,17,18). The largest absolute Gasteiger partial charge is 0.393 e. The Balaban J connectivity index is 2.00. The van der Waals surface area contributed by atoms with Crippen LogP contribution >= 0.6 is 0 Å². The Morgan fingerprint density at radius 1 is 1.35 bits per heavy atom. The second-order valence-electron chi connectivity index (χ2n) is 4.87. The molecule has 0 bridgehead atoms. The quantitative estimate of drug-likeness (QED) is 0.749. The van der Waals surface area contributed by atoms with E-state index in [1.54, 1.807) is 19.2 Å². The molecule has 3 N–H and O–H groups in total. The van der Waals surface area contributed by atoms with Crippen LogP contribution in [0.3, 0.4) is 0 Å². The van der Waals surface area contributed by atoms with Crippen LogP contribution in [0.2, 0.25) is 0 Å². The number of aliphatic hydroxyl groups excluding tert-OH is 1. The summed E-state index contributed by atoms with van der Waals surface area (Å²) in [5, 5.41) is 18.9. The molecule has 20 heavy (non-hydrogen) atoms. The molecule has 0 radical (unpaired) electrons. The van der Waals surface area contributed by atoms with Crippen LogP contribution in [0.5, 0.6) is 0 Å². The maximum absolute atomic E-state index is 11.9. The summed E-state index contributed by atoms with van der Waals surface area (Å²) in [6, 6.07) is 11.5. The zero-order valence-corrected chi connectivity index (χ0v) is 11.4. The van der Waals surface area contributed by atoms with Gasteiger partial charge in [0.05, 0.1) is 6.10 Å². The molecule has 5 heteroatoms. The molecule has 2 rings (SSSR count). The molecule has 0 spiro atoms. The Bertz CT molecular complexity index is 523. The van der Waals surface area contributed by atoms with Crippen LogP contribution in [0.25, 0.3) is 0 Å². The third-order valence-electron chi connectivity index (χ3n) is 3.15. The lowest BCUT2D eigenvalue weighted by Crippen LogP contribution is -2.30. The van der Waals surface area contributed by atoms with Gasteiger partial charge in [0.25, 0.3) is 5.91 Å². The van der Waals surface area contributed by atoms with Gasteiger partial charge in [-0.1, -0.05) is 30.3 Å². The summed E-state index contributed by atoms with van der Waals surface area (Å²) >= 11 is 0. The summed E-state index contributed by atoms with van der Waals surface area (Å²) in [6.07, 6.45) is 1.73. The highest BCUT2D eigenvalue weighted by molar-refractivity contribution is 5.92. The first-order chi connectivity index (χ1) is 9.66. The Morgan fingerprint density at radius 2 is 2.10 bits per heavy atom. The SMILES string of the molecule is CC(O)CC(CNC(=O)c1ccn[nH]1)c1ccccc1. The number of carbonyl (C=O) groups is 1. The zero-order valence-electron chi connectivity index (χ0n) is 11.4. The van der Waals surface area contributed by atoms with Crippen LogP contribution in [0.15, 0.2) is 42.6 Å². The highest BCUT2D eigenvalue weighted by atomic mass is 16.3. The van der Waals surface area contributed by atoms with Crippen molar-refractivity contribution >= 4 is 5.91 Å². The van der Waals surface area contributed by atoms with Gasteiger partial charge >= 0.3 is 0 Å². The molecule has 5 nitrogen and oxygen atoms in total. The number of nitrogens with one attached hydrogen (secondary N) is 2. The van der Waals surface area contributed by atoms with Crippen molar-refractivity contribution in [1.82, 2.24) is 15.5 Å². The number of hydrogen-bond donors (Lipinski definition) is 3. The van der Waals surface area contributed by atoms with Crippen LogP contribution in [0.1, 0.15) is 35.3 Å². The number of benzene rings is 1. The van der Waals surface area contributed by atoms with Crippen LogP contribution < -0.4 is 5.32 Å². The molecule has 0 fully saturated rings. The van der Waals surface area contributed by atoms with Crippen molar-refractivity contribution in [2.24, 2.45) is 0 Å². The van der Waals surface area contributed by atoms with E-state index in [0.29, 0.717) is 18.7 Å². The first-order valence-corrected chi connectivity index (χ1v) is 6.67. The van der Waals surface area contributed by atoms with Gasteiger partial charge in [0.2, 0.25) is 0 Å². The first kappa shape index (κ1) is 14.3. The van der Waals surface area contributed by atoms with Crippen LogP contribution in [-0.2, 0) is 0 Å². The van der Waals surface area contributed by atoms with E-state index in [1.165, 1.54) is 0 Å². The lowest BCUT2D eigenvalue weighted by atomic mass is 9.93. The van der Waals surface area contributed by atoms with Crippen molar-refractivity contribution in [1.29, 1.82) is 0 Å². The third-order valence-corrected chi connectivity index (χ3v) is 3.15. The van der Waals surface area contributed by atoms with Gasteiger partial charge in [-0.3, -0.25) is 9.89 Å². The molecule has 0 aliphatic heterocycles. The number of aliphatic hydroxyl groups is 1.